The predicted molar refractivity (Wildman–Crippen MR) is 171 cm³/mol. The van der Waals surface area contributed by atoms with Crippen molar-refractivity contribution in [3.8, 4) is 55.6 Å². The Hall–Kier alpha value is -4.46. The number of fused-ring (bicyclic) bond motifs is 3. The molecule has 0 atom stereocenters. The van der Waals surface area contributed by atoms with Gasteiger partial charge in [0.05, 0.1) is 0 Å². The van der Waals surface area contributed by atoms with Gasteiger partial charge in [-0.1, -0.05) is 60.7 Å². The molecule has 0 nitrogen and oxygen atoms in total. The van der Waals surface area contributed by atoms with E-state index in [2.05, 4.69) is 84.9 Å². The number of benzene rings is 6. The minimum atomic E-state index is 1.03. The Morgan fingerprint density at radius 2 is 0.902 bits per heavy atom. The van der Waals surface area contributed by atoms with Crippen molar-refractivity contribution in [1.29, 1.82) is 0 Å². The highest BCUT2D eigenvalue weighted by molar-refractivity contribution is 7.25. The lowest BCUT2D eigenvalue weighted by atomic mass is 9.80. The first-order valence-corrected chi connectivity index (χ1v) is 15.7. The van der Waals surface area contributed by atoms with Gasteiger partial charge in [-0.2, -0.15) is 0 Å². The number of hydrogen-bond donors (Lipinski definition) is 0. The van der Waals surface area contributed by atoms with E-state index in [1.54, 1.807) is 50.1 Å². The van der Waals surface area contributed by atoms with Crippen LogP contribution in [0.3, 0.4) is 0 Å². The summed E-state index contributed by atoms with van der Waals surface area (Å²) >= 11 is 1.91. The molecule has 0 saturated carbocycles. The van der Waals surface area contributed by atoms with E-state index in [0.717, 1.165) is 25.7 Å². The fourth-order valence-corrected chi connectivity index (χ4v) is 10.4. The van der Waals surface area contributed by atoms with Crippen LogP contribution >= 0.6 is 11.3 Å². The summed E-state index contributed by atoms with van der Waals surface area (Å²) in [5, 5.41) is 2.77. The molecule has 0 aliphatic heterocycles. The second-order valence-electron chi connectivity index (χ2n) is 12.7. The highest BCUT2D eigenvalue weighted by Crippen LogP contribution is 2.63. The molecule has 1 heteroatoms. The summed E-state index contributed by atoms with van der Waals surface area (Å²) in [6, 6.07) is 33.4. The molecule has 0 spiro atoms. The third-order valence-corrected chi connectivity index (χ3v) is 12.0. The Kier molecular flexibility index (Phi) is 3.26. The van der Waals surface area contributed by atoms with Gasteiger partial charge in [0, 0.05) is 20.2 Å². The summed E-state index contributed by atoms with van der Waals surface area (Å²) < 4.78 is 2.76. The normalized spacial score (nSPS) is 14.9. The molecule has 12 rings (SSSR count). The van der Waals surface area contributed by atoms with Crippen LogP contribution in [0.5, 0.6) is 0 Å². The van der Waals surface area contributed by atoms with Crippen LogP contribution in [0.4, 0.5) is 0 Å². The van der Waals surface area contributed by atoms with Crippen LogP contribution in [0.15, 0.2) is 84.9 Å². The summed E-state index contributed by atoms with van der Waals surface area (Å²) in [6.45, 7) is 0. The van der Waals surface area contributed by atoms with Crippen molar-refractivity contribution in [3.63, 3.8) is 0 Å². The molecule has 0 fully saturated rings. The third kappa shape index (κ3) is 2.21. The van der Waals surface area contributed by atoms with Crippen LogP contribution in [0.1, 0.15) is 44.5 Å². The molecular formula is C40H22S. The zero-order valence-corrected chi connectivity index (χ0v) is 23.1. The molecule has 0 saturated heterocycles. The van der Waals surface area contributed by atoms with Crippen LogP contribution in [-0.4, -0.2) is 0 Å². The van der Waals surface area contributed by atoms with Crippen molar-refractivity contribution in [2.45, 2.75) is 25.7 Å². The van der Waals surface area contributed by atoms with Gasteiger partial charge in [-0.3, -0.25) is 0 Å². The van der Waals surface area contributed by atoms with Crippen LogP contribution in [0.2, 0.25) is 0 Å². The smallest absolute Gasteiger partial charge is 0.0355 e. The molecule has 188 valence electrons. The fraction of sp³-hybridized carbons (Fsp3) is 0.100. The van der Waals surface area contributed by atoms with E-state index in [0.29, 0.717) is 0 Å². The molecule has 0 unspecified atom stereocenters. The average molecular weight is 535 g/mol. The Balaban J connectivity index is 1.25. The SMILES string of the molecule is c1ccc2c(c1)sc1ccc(-c3cc4c5c6c3Cc3ccc7c(c3-6)-c3c(ccc6c3-c3c(ccc(c3-5)C4)C6)C7)cc12. The van der Waals surface area contributed by atoms with Gasteiger partial charge in [-0.15, -0.1) is 11.3 Å². The minimum Gasteiger partial charge on any atom is -0.135 e. The van der Waals surface area contributed by atoms with Gasteiger partial charge < -0.3 is 0 Å². The topological polar surface area (TPSA) is 0 Å². The molecule has 6 aromatic carbocycles. The van der Waals surface area contributed by atoms with Crippen molar-refractivity contribution < 1.29 is 0 Å². The largest absolute Gasteiger partial charge is 0.135 e. The standard InChI is InChI=1S/C40H22S/c1-2-4-31-27(3-1)29-16-19(11-12-32(29)41-31)28-18-26-15-24-8-7-22-13-20-5-6-21-14-23-9-10-25-17-30(28)40-38(25)36(23)34(21)33(20)35(22)37(24)39(26)40/h1-12,16,18H,13-15,17H2. The lowest BCUT2D eigenvalue weighted by molar-refractivity contribution is 1.21. The molecule has 0 radical (unpaired) electrons. The molecule has 0 amide bonds. The van der Waals surface area contributed by atoms with Crippen molar-refractivity contribution in [2.24, 2.45) is 0 Å². The lowest BCUT2D eigenvalue weighted by Gasteiger charge is -2.23. The van der Waals surface area contributed by atoms with E-state index in [9.17, 15) is 0 Å². The maximum atomic E-state index is 2.58. The lowest BCUT2D eigenvalue weighted by Crippen LogP contribution is -1.98. The number of rotatable bonds is 1. The molecule has 7 aromatic rings. The quantitative estimate of drug-likeness (QED) is 0.196. The van der Waals surface area contributed by atoms with Gasteiger partial charge in [-0.05, 0) is 150 Å². The molecule has 5 aliphatic carbocycles. The second-order valence-corrected chi connectivity index (χ2v) is 13.8. The van der Waals surface area contributed by atoms with Crippen molar-refractivity contribution >= 4 is 31.5 Å². The van der Waals surface area contributed by atoms with Crippen molar-refractivity contribution in [1.82, 2.24) is 0 Å². The Morgan fingerprint density at radius 1 is 0.390 bits per heavy atom. The summed E-state index contributed by atoms with van der Waals surface area (Å²) in [5.41, 5.74) is 27.5. The van der Waals surface area contributed by atoms with Crippen molar-refractivity contribution in [2.75, 3.05) is 0 Å². The van der Waals surface area contributed by atoms with Crippen LogP contribution in [0.25, 0.3) is 75.8 Å². The van der Waals surface area contributed by atoms with E-state index in [4.69, 9.17) is 0 Å². The van der Waals surface area contributed by atoms with Gasteiger partial charge in [0.15, 0.2) is 0 Å². The molecular weight excluding hydrogens is 513 g/mol. The third-order valence-electron chi connectivity index (χ3n) is 10.8. The molecule has 1 heterocycles. The summed E-state index contributed by atoms with van der Waals surface area (Å²) in [4.78, 5) is 0. The number of hydrogen-bond acceptors (Lipinski definition) is 1. The summed E-state index contributed by atoms with van der Waals surface area (Å²) in [7, 11) is 0. The highest BCUT2D eigenvalue weighted by atomic mass is 32.1. The number of thiophene rings is 1. The average Bonchev–Trinajstić information content (AvgIpc) is 3.78. The zero-order chi connectivity index (χ0) is 26.1. The monoisotopic (exact) mass is 534 g/mol. The van der Waals surface area contributed by atoms with E-state index < -0.39 is 0 Å². The van der Waals surface area contributed by atoms with Crippen LogP contribution in [0, 0.1) is 0 Å². The second kappa shape index (κ2) is 6.54. The predicted octanol–water partition coefficient (Wildman–Crippen LogP) is 10.3. The van der Waals surface area contributed by atoms with E-state index in [1.807, 2.05) is 11.3 Å². The molecule has 0 N–H and O–H groups in total. The van der Waals surface area contributed by atoms with Gasteiger partial charge in [-0.25, -0.2) is 0 Å². The highest BCUT2D eigenvalue weighted by Gasteiger charge is 2.41. The first-order chi connectivity index (χ1) is 20.3. The van der Waals surface area contributed by atoms with Gasteiger partial charge >= 0.3 is 0 Å². The molecule has 1 aromatic heterocycles. The molecule has 0 bridgehead atoms. The first kappa shape index (κ1) is 20.4. The van der Waals surface area contributed by atoms with E-state index >= 15 is 0 Å². The van der Waals surface area contributed by atoms with Crippen molar-refractivity contribution in [3.05, 3.63) is 129 Å². The maximum Gasteiger partial charge on any atom is 0.0355 e. The van der Waals surface area contributed by atoms with Crippen LogP contribution in [-0.2, 0) is 25.7 Å². The van der Waals surface area contributed by atoms with Crippen LogP contribution < -0.4 is 0 Å². The zero-order valence-electron chi connectivity index (χ0n) is 22.3. The maximum absolute atomic E-state index is 2.58. The fourth-order valence-electron chi connectivity index (χ4n) is 9.29. The Bertz CT molecular complexity index is 2470. The van der Waals surface area contributed by atoms with E-state index in [1.165, 1.54) is 70.2 Å². The van der Waals surface area contributed by atoms with Gasteiger partial charge in [0.25, 0.3) is 0 Å². The Morgan fingerprint density at radius 3 is 1.56 bits per heavy atom. The first-order valence-electron chi connectivity index (χ1n) is 14.9. The molecule has 5 aliphatic rings. The summed E-state index contributed by atoms with van der Waals surface area (Å²) in [6.07, 6.45) is 4.20. The minimum absolute atomic E-state index is 1.03. The summed E-state index contributed by atoms with van der Waals surface area (Å²) in [5.74, 6) is 0. The van der Waals surface area contributed by atoms with Gasteiger partial charge in [0.2, 0.25) is 0 Å². The van der Waals surface area contributed by atoms with E-state index in [-0.39, 0.29) is 0 Å². The Labute approximate surface area is 241 Å². The van der Waals surface area contributed by atoms with Gasteiger partial charge in [0.1, 0.15) is 0 Å². The molecule has 41 heavy (non-hydrogen) atoms.